The molecule has 6 nitrogen and oxygen atoms in total. The molecule has 136 valence electrons. The molecule has 0 fully saturated rings. The molecule has 7 heteroatoms. The Morgan fingerprint density at radius 1 is 1.00 bits per heavy atom. The third-order valence-corrected chi connectivity index (χ3v) is 5.69. The van der Waals surface area contributed by atoms with E-state index in [2.05, 4.69) is 22.3 Å². The van der Waals surface area contributed by atoms with Crippen molar-refractivity contribution in [2.75, 3.05) is 0 Å². The highest BCUT2D eigenvalue weighted by molar-refractivity contribution is 7.16. The molecular weight excluding hydrogens is 358 g/mol. The van der Waals surface area contributed by atoms with Crippen LogP contribution in [-0.4, -0.2) is 20.1 Å². The number of hydrogen-bond donors (Lipinski definition) is 0. The summed E-state index contributed by atoms with van der Waals surface area (Å²) in [5, 5.41) is 8.61. The fraction of sp³-hybridized carbons (Fsp3) is 0.150. The van der Waals surface area contributed by atoms with Gasteiger partial charge in [0.15, 0.2) is 0 Å². The van der Waals surface area contributed by atoms with Crippen molar-refractivity contribution in [1.29, 1.82) is 0 Å². The molecule has 0 amide bonds. The Balaban J connectivity index is 1.77. The van der Waals surface area contributed by atoms with E-state index in [1.165, 1.54) is 0 Å². The zero-order valence-electron chi connectivity index (χ0n) is 15.3. The average molecular weight is 377 g/mol. The first-order valence-corrected chi connectivity index (χ1v) is 9.35. The van der Waals surface area contributed by atoms with Gasteiger partial charge in [0.1, 0.15) is 0 Å². The van der Waals surface area contributed by atoms with Crippen LogP contribution in [0.1, 0.15) is 11.3 Å². The predicted molar refractivity (Wildman–Crippen MR) is 110 cm³/mol. The maximum Gasteiger partial charge on any atom is 0.274 e. The van der Waals surface area contributed by atoms with Crippen LogP contribution < -0.4 is 10.4 Å². The third kappa shape index (κ3) is 2.96. The monoisotopic (exact) mass is 377 g/mol. The maximum atomic E-state index is 12.7. The van der Waals surface area contributed by atoms with Gasteiger partial charge >= 0.3 is 0 Å². The highest BCUT2D eigenvalue weighted by atomic mass is 32.1. The highest BCUT2D eigenvalue weighted by Crippen LogP contribution is 2.15. The van der Waals surface area contributed by atoms with E-state index in [1.54, 1.807) is 26.9 Å². The molecule has 27 heavy (non-hydrogen) atoms. The molecule has 0 N–H and O–H groups in total. The van der Waals surface area contributed by atoms with Crippen LogP contribution >= 0.6 is 11.3 Å². The van der Waals surface area contributed by atoms with Crippen molar-refractivity contribution in [2.24, 2.45) is 24.3 Å². The van der Waals surface area contributed by atoms with Crippen molar-refractivity contribution in [3.8, 4) is 5.69 Å². The SMILES string of the molecule is Cc1c(/C=N/N=c2/sc3ccccc3n2C)n(C)n(-c2ccccc2)c1=O. The fourth-order valence-electron chi connectivity index (χ4n) is 3.11. The van der Waals surface area contributed by atoms with Gasteiger partial charge in [0.05, 0.1) is 27.8 Å². The first kappa shape index (κ1) is 17.2. The summed E-state index contributed by atoms with van der Waals surface area (Å²) >= 11 is 1.58. The van der Waals surface area contributed by atoms with E-state index >= 15 is 0 Å². The topological polar surface area (TPSA) is 56.6 Å². The molecule has 0 atom stereocenters. The number of aryl methyl sites for hydroxylation is 1. The summed E-state index contributed by atoms with van der Waals surface area (Å²) in [4.78, 5) is 13.5. The van der Waals surface area contributed by atoms with Crippen LogP contribution in [0.5, 0.6) is 0 Å². The van der Waals surface area contributed by atoms with E-state index in [0.29, 0.717) is 5.56 Å². The Kier molecular flexibility index (Phi) is 4.37. The molecule has 2 heterocycles. The number of benzene rings is 2. The summed E-state index contributed by atoms with van der Waals surface area (Å²) in [6.07, 6.45) is 1.64. The van der Waals surface area contributed by atoms with Crippen LogP contribution in [0.25, 0.3) is 15.9 Å². The van der Waals surface area contributed by atoms with E-state index in [4.69, 9.17) is 0 Å². The number of thiazole rings is 1. The maximum absolute atomic E-state index is 12.7. The van der Waals surface area contributed by atoms with Gasteiger partial charge in [0.25, 0.3) is 5.56 Å². The Morgan fingerprint density at radius 2 is 1.70 bits per heavy atom. The minimum absolute atomic E-state index is 0.0578. The van der Waals surface area contributed by atoms with Gasteiger partial charge < -0.3 is 4.57 Å². The van der Waals surface area contributed by atoms with Crippen molar-refractivity contribution in [2.45, 2.75) is 6.92 Å². The van der Waals surface area contributed by atoms with Crippen LogP contribution in [0.2, 0.25) is 0 Å². The van der Waals surface area contributed by atoms with Gasteiger partial charge in [-0.25, -0.2) is 4.68 Å². The van der Waals surface area contributed by atoms with E-state index in [1.807, 2.05) is 68.1 Å². The largest absolute Gasteiger partial charge is 0.318 e. The van der Waals surface area contributed by atoms with Crippen molar-refractivity contribution < 1.29 is 0 Å². The van der Waals surface area contributed by atoms with Crippen LogP contribution in [0.4, 0.5) is 0 Å². The summed E-state index contributed by atoms with van der Waals surface area (Å²) in [5.74, 6) is 0. The van der Waals surface area contributed by atoms with Crippen molar-refractivity contribution in [3.63, 3.8) is 0 Å². The first-order chi connectivity index (χ1) is 13.1. The van der Waals surface area contributed by atoms with Crippen LogP contribution in [0, 0.1) is 6.92 Å². The van der Waals surface area contributed by atoms with E-state index in [9.17, 15) is 4.79 Å². The summed E-state index contributed by atoms with van der Waals surface area (Å²) in [7, 11) is 3.82. The molecular formula is C20H19N5OS. The lowest BCUT2D eigenvalue weighted by Crippen LogP contribution is -2.20. The van der Waals surface area contributed by atoms with Gasteiger partial charge in [-0.1, -0.05) is 41.7 Å². The average Bonchev–Trinajstić information content (AvgIpc) is 3.11. The molecule has 2 aromatic carbocycles. The minimum Gasteiger partial charge on any atom is -0.318 e. The number of para-hydroxylation sites is 2. The molecule has 0 saturated heterocycles. The van der Waals surface area contributed by atoms with Crippen molar-refractivity contribution in [3.05, 3.63) is 81.0 Å². The van der Waals surface area contributed by atoms with Gasteiger partial charge in [-0.3, -0.25) is 9.48 Å². The number of rotatable bonds is 3. The number of fused-ring (bicyclic) bond motifs is 1. The molecule has 0 aliphatic heterocycles. The van der Waals surface area contributed by atoms with Gasteiger partial charge in [0.2, 0.25) is 4.80 Å². The second kappa shape index (κ2) is 6.85. The van der Waals surface area contributed by atoms with Crippen LogP contribution in [0.3, 0.4) is 0 Å². The second-order valence-electron chi connectivity index (χ2n) is 6.24. The van der Waals surface area contributed by atoms with E-state index in [-0.39, 0.29) is 5.56 Å². The molecule has 4 aromatic rings. The lowest BCUT2D eigenvalue weighted by molar-refractivity contribution is 0.643. The lowest BCUT2D eigenvalue weighted by atomic mass is 10.3. The molecule has 0 spiro atoms. The summed E-state index contributed by atoms with van der Waals surface area (Å²) < 4.78 is 6.61. The minimum atomic E-state index is -0.0578. The first-order valence-electron chi connectivity index (χ1n) is 8.53. The summed E-state index contributed by atoms with van der Waals surface area (Å²) in [6.45, 7) is 1.81. The molecule has 0 unspecified atom stereocenters. The Hall–Kier alpha value is -3.19. The Bertz CT molecular complexity index is 1270. The summed E-state index contributed by atoms with van der Waals surface area (Å²) in [5.41, 5.74) is 3.26. The van der Waals surface area contributed by atoms with E-state index in [0.717, 1.165) is 26.4 Å². The van der Waals surface area contributed by atoms with Crippen molar-refractivity contribution >= 4 is 27.8 Å². The van der Waals surface area contributed by atoms with Crippen molar-refractivity contribution in [1.82, 2.24) is 13.9 Å². The Morgan fingerprint density at radius 3 is 2.44 bits per heavy atom. The van der Waals surface area contributed by atoms with Gasteiger partial charge in [-0.05, 0) is 31.2 Å². The third-order valence-electron chi connectivity index (χ3n) is 4.58. The predicted octanol–water partition coefficient (Wildman–Crippen LogP) is 2.97. The zero-order chi connectivity index (χ0) is 19.0. The molecule has 4 rings (SSSR count). The highest BCUT2D eigenvalue weighted by Gasteiger charge is 2.13. The number of hydrogen-bond acceptors (Lipinski definition) is 4. The van der Waals surface area contributed by atoms with Crippen LogP contribution in [-0.2, 0) is 14.1 Å². The number of aromatic nitrogens is 3. The molecule has 0 aliphatic carbocycles. The lowest BCUT2D eigenvalue weighted by Gasteiger charge is -2.07. The van der Waals surface area contributed by atoms with Gasteiger partial charge in [0, 0.05) is 19.7 Å². The zero-order valence-corrected chi connectivity index (χ0v) is 16.1. The molecule has 0 aliphatic rings. The molecule has 0 bridgehead atoms. The van der Waals surface area contributed by atoms with Gasteiger partial charge in [-0.2, -0.15) is 5.10 Å². The standard InChI is InChI=1S/C20H19N5OS/c1-14-17(24(3)25(19(14)26)15-9-5-4-6-10-15)13-21-22-20-23(2)16-11-7-8-12-18(16)27-20/h4-13H,1-3H3/b21-13+,22-20+. The molecule has 0 saturated carbocycles. The summed E-state index contributed by atoms with van der Waals surface area (Å²) in [6, 6.07) is 17.7. The smallest absolute Gasteiger partial charge is 0.274 e. The normalized spacial score (nSPS) is 12.5. The Labute approximate surface area is 159 Å². The fourth-order valence-corrected chi connectivity index (χ4v) is 4.08. The quantitative estimate of drug-likeness (QED) is 0.400. The van der Waals surface area contributed by atoms with E-state index < -0.39 is 0 Å². The molecule has 2 aromatic heterocycles. The van der Waals surface area contributed by atoms with Crippen LogP contribution in [0.15, 0.2) is 69.6 Å². The number of nitrogens with zero attached hydrogens (tertiary/aromatic N) is 5. The second-order valence-corrected chi connectivity index (χ2v) is 7.25. The molecule has 0 radical (unpaired) electrons. The van der Waals surface area contributed by atoms with Gasteiger partial charge in [-0.15, -0.1) is 5.10 Å².